The molecule has 2 fully saturated rings. The first-order valence-electron chi connectivity index (χ1n) is 12.4. The second-order valence-electron chi connectivity index (χ2n) is 13.2. The lowest BCUT2D eigenvalue weighted by Crippen LogP contribution is -2.51. The average molecular weight is 439 g/mol. The van der Waals surface area contributed by atoms with Crippen LogP contribution in [0.4, 0.5) is 0 Å². The van der Waals surface area contributed by atoms with Gasteiger partial charge in [0.25, 0.3) is 0 Å². The number of rotatable bonds is 9. The highest BCUT2D eigenvalue weighted by molar-refractivity contribution is 6.74. The number of carbonyl (C=O) groups is 1. The molecule has 0 amide bonds. The molecule has 0 aliphatic heterocycles. The van der Waals surface area contributed by atoms with Crippen molar-refractivity contribution in [3.8, 4) is 0 Å². The number of aldehydes is 1. The molecule has 2 aliphatic carbocycles. The van der Waals surface area contributed by atoms with Crippen molar-refractivity contribution >= 4 is 14.6 Å². The molecule has 0 heterocycles. The highest BCUT2D eigenvalue weighted by Crippen LogP contribution is 2.63. The number of hydrogen-bond donors (Lipinski definition) is 1. The van der Waals surface area contributed by atoms with E-state index in [0.29, 0.717) is 24.4 Å². The maximum absolute atomic E-state index is 11.7. The van der Waals surface area contributed by atoms with E-state index in [4.69, 9.17) is 4.43 Å². The van der Waals surface area contributed by atoms with Gasteiger partial charge in [0.15, 0.2) is 8.32 Å². The molecule has 0 aromatic heterocycles. The SMILES string of the molecule is CC(C)(O)CCCC(C)(CC=O)[C@H]1CCC2[C@@H](O[Si](C)(C)C(C)(C)C)CCC[C@@]21C. The quantitative estimate of drug-likeness (QED) is 0.307. The summed E-state index contributed by atoms with van der Waals surface area (Å²) in [6.07, 6.45) is 11.1. The Morgan fingerprint density at radius 1 is 1.07 bits per heavy atom. The molecule has 0 radical (unpaired) electrons. The highest BCUT2D eigenvalue weighted by atomic mass is 28.4. The fraction of sp³-hybridized carbons (Fsp3) is 0.962. The lowest BCUT2D eigenvalue weighted by Gasteiger charge is -2.52. The van der Waals surface area contributed by atoms with Crippen molar-refractivity contribution in [1.29, 1.82) is 0 Å². The van der Waals surface area contributed by atoms with Gasteiger partial charge in [-0.25, -0.2) is 0 Å². The predicted octanol–water partition coefficient (Wildman–Crippen LogP) is 7.13. The molecule has 1 N–H and O–H groups in total. The normalized spacial score (nSPS) is 32.5. The summed E-state index contributed by atoms with van der Waals surface area (Å²) in [4.78, 5) is 11.7. The standard InChI is InChI=1S/C26H50O3Si/c1-23(2,3)30(8,9)29-21-12-10-17-26(7)20(21)13-14-22(26)25(6,18-19-27)16-11-15-24(4,5)28/h19-22,28H,10-18H2,1-9H3/t20?,21-,22+,25?,26-/m0/s1. The predicted molar refractivity (Wildman–Crippen MR) is 129 cm³/mol. The van der Waals surface area contributed by atoms with E-state index in [1.807, 2.05) is 13.8 Å². The maximum Gasteiger partial charge on any atom is 0.192 e. The molecule has 2 rings (SSSR count). The van der Waals surface area contributed by atoms with E-state index in [2.05, 4.69) is 47.7 Å². The van der Waals surface area contributed by atoms with E-state index in [-0.39, 0.29) is 15.9 Å². The highest BCUT2D eigenvalue weighted by Gasteiger charge is 2.57. The second-order valence-corrected chi connectivity index (χ2v) is 18.0. The molecule has 176 valence electrons. The zero-order chi connectivity index (χ0) is 23.0. The van der Waals surface area contributed by atoms with Gasteiger partial charge in [0.1, 0.15) is 6.29 Å². The average Bonchev–Trinajstić information content (AvgIpc) is 2.91. The van der Waals surface area contributed by atoms with Gasteiger partial charge in [0, 0.05) is 12.5 Å². The molecule has 3 nitrogen and oxygen atoms in total. The van der Waals surface area contributed by atoms with Crippen LogP contribution >= 0.6 is 0 Å². The van der Waals surface area contributed by atoms with Crippen LogP contribution in [0, 0.1) is 22.7 Å². The first-order chi connectivity index (χ1) is 13.6. The van der Waals surface area contributed by atoms with Crippen LogP contribution in [0.25, 0.3) is 0 Å². The van der Waals surface area contributed by atoms with Crippen LogP contribution in [0.2, 0.25) is 18.1 Å². The van der Waals surface area contributed by atoms with E-state index < -0.39 is 13.9 Å². The zero-order valence-electron chi connectivity index (χ0n) is 21.4. The Morgan fingerprint density at radius 2 is 1.70 bits per heavy atom. The summed E-state index contributed by atoms with van der Waals surface area (Å²) in [6, 6.07) is 0. The van der Waals surface area contributed by atoms with Crippen molar-refractivity contribution in [2.75, 3.05) is 0 Å². The van der Waals surface area contributed by atoms with Gasteiger partial charge in [-0.2, -0.15) is 0 Å². The van der Waals surface area contributed by atoms with Crippen LogP contribution in [0.3, 0.4) is 0 Å². The smallest absolute Gasteiger partial charge is 0.192 e. The van der Waals surface area contributed by atoms with E-state index in [0.717, 1.165) is 25.5 Å². The summed E-state index contributed by atoms with van der Waals surface area (Å²) >= 11 is 0. The van der Waals surface area contributed by atoms with Crippen molar-refractivity contribution < 1.29 is 14.3 Å². The van der Waals surface area contributed by atoms with Gasteiger partial charge in [-0.3, -0.25) is 0 Å². The number of aliphatic hydroxyl groups is 1. The Hall–Kier alpha value is -0.193. The van der Waals surface area contributed by atoms with E-state index in [1.54, 1.807) is 0 Å². The van der Waals surface area contributed by atoms with Crippen molar-refractivity contribution in [2.45, 2.75) is 136 Å². The van der Waals surface area contributed by atoms with Crippen molar-refractivity contribution in [3.63, 3.8) is 0 Å². The maximum atomic E-state index is 11.7. The first-order valence-corrected chi connectivity index (χ1v) is 15.3. The third kappa shape index (κ3) is 5.59. The topological polar surface area (TPSA) is 46.5 Å². The molecule has 5 atom stereocenters. The third-order valence-corrected chi connectivity index (χ3v) is 13.7. The van der Waals surface area contributed by atoms with Gasteiger partial charge >= 0.3 is 0 Å². The van der Waals surface area contributed by atoms with Gasteiger partial charge in [-0.1, -0.05) is 47.5 Å². The minimum Gasteiger partial charge on any atom is -0.414 e. The van der Waals surface area contributed by atoms with Gasteiger partial charge in [-0.05, 0) is 93.2 Å². The van der Waals surface area contributed by atoms with Crippen LogP contribution in [0.15, 0.2) is 0 Å². The van der Waals surface area contributed by atoms with Crippen LogP contribution in [0.5, 0.6) is 0 Å². The second kappa shape index (κ2) is 8.98. The summed E-state index contributed by atoms with van der Waals surface area (Å²) in [5.74, 6) is 1.18. The third-order valence-electron chi connectivity index (χ3n) is 9.24. The Balaban J connectivity index is 2.22. The fourth-order valence-electron chi connectivity index (χ4n) is 6.49. The van der Waals surface area contributed by atoms with Crippen LogP contribution in [0.1, 0.15) is 106 Å². The molecule has 0 aromatic carbocycles. The van der Waals surface area contributed by atoms with Crippen molar-refractivity contribution in [3.05, 3.63) is 0 Å². The Labute approximate surface area is 187 Å². The Kier molecular flexibility index (Phi) is 7.80. The molecule has 4 heteroatoms. The molecule has 0 bridgehead atoms. The molecule has 0 spiro atoms. The van der Waals surface area contributed by atoms with Crippen molar-refractivity contribution in [1.82, 2.24) is 0 Å². The van der Waals surface area contributed by atoms with Gasteiger partial charge < -0.3 is 14.3 Å². The van der Waals surface area contributed by atoms with E-state index in [9.17, 15) is 9.90 Å². The van der Waals surface area contributed by atoms with Gasteiger partial charge in [0.2, 0.25) is 0 Å². The number of fused-ring (bicyclic) bond motifs is 1. The summed E-state index contributed by atoms with van der Waals surface area (Å²) in [5.41, 5.74) is -0.343. The summed E-state index contributed by atoms with van der Waals surface area (Å²) in [7, 11) is -1.79. The molecule has 2 saturated carbocycles. The summed E-state index contributed by atoms with van der Waals surface area (Å²) in [6.45, 7) is 20.4. The molecular formula is C26H50O3Si. The minimum absolute atomic E-state index is 0.0232. The molecule has 30 heavy (non-hydrogen) atoms. The number of hydrogen-bond acceptors (Lipinski definition) is 3. The number of carbonyl (C=O) groups excluding carboxylic acids is 1. The van der Waals surface area contributed by atoms with E-state index in [1.165, 1.54) is 32.1 Å². The molecular weight excluding hydrogens is 388 g/mol. The van der Waals surface area contributed by atoms with Gasteiger partial charge in [0.05, 0.1) is 5.60 Å². The molecule has 0 aromatic rings. The Morgan fingerprint density at radius 3 is 2.23 bits per heavy atom. The molecule has 2 unspecified atom stereocenters. The Bertz CT molecular complexity index is 588. The van der Waals surface area contributed by atoms with Crippen LogP contribution < -0.4 is 0 Å². The first kappa shape index (κ1) is 26.1. The lowest BCUT2D eigenvalue weighted by atomic mass is 9.56. The fourth-order valence-corrected chi connectivity index (χ4v) is 7.89. The molecule has 0 saturated heterocycles. The van der Waals surface area contributed by atoms with E-state index >= 15 is 0 Å². The van der Waals surface area contributed by atoms with Gasteiger partial charge in [-0.15, -0.1) is 0 Å². The lowest BCUT2D eigenvalue weighted by molar-refractivity contribution is -0.112. The van der Waals surface area contributed by atoms with Crippen LogP contribution in [-0.2, 0) is 9.22 Å². The molecule has 2 aliphatic rings. The minimum atomic E-state index is -1.79. The van der Waals surface area contributed by atoms with Crippen LogP contribution in [-0.4, -0.2) is 31.4 Å². The summed E-state index contributed by atoms with van der Waals surface area (Å²) in [5, 5.41) is 10.4. The zero-order valence-corrected chi connectivity index (χ0v) is 22.4. The van der Waals surface area contributed by atoms with Crippen molar-refractivity contribution in [2.24, 2.45) is 22.7 Å². The monoisotopic (exact) mass is 438 g/mol. The summed E-state index contributed by atoms with van der Waals surface area (Å²) < 4.78 is 7.01. The largest absolute Gasteiger partial charge is 0.414 e.